The Balaban J connectivity index is 2.25. The summed E-state index contributed by atoms with van der Waals surface area (Å²) in [5.74, 6) is 0.0374. The van der Waals surface area contributed by atoms with Gasteiger partial charge >= 0.3 is 0 Å². The number of amides is 1. The van der Waals surface area contributed by atoms with E-state index in [0.717, 1.165) is 23.2 Å². The highest BCUT2D eigenvalue weighted by molar-refractivity contribution is 6.30. The van der Waals surface area contributed by atoms with Crippen LogP contribution < -0.4 is 5.32 Å². The van der Waals surface area contributed by atoms with Crippen molar-refractivity contribution in [1.29, 1.82) is 0 Å². The van der Waals surface area contributed by atoms with Gasteiger partial charge in [-0.2, -0.15) is 0 Å². The Bertz CT molecular complexity index is 634. The average Bonchev–Trinajstić information content (AvgIpc) is 2.49. The Hall–Kier alpha value is -1.80. The van der Waals surface area contributed by atoms with Crippen LogP contribution in [0.15, 0.2) is 48.5 Å². The van der Waals surface area contributed by atoms with E-state index in [4.69, 9.17) is 11.6 Å². The van der Waals surface area contributed by atoms with E-state index in [1.807, 2.05) is 48.5 Å². The van der Waals surface area contributed by atoms with Crippen molar-refractivity contribution < 1.29 is 4.79 Å². The van der Waals surface area contributed by atoms with Crippen molar-refractivity contribution in [2.24, 2.45) is 5.92 Å². The molecule has 116 valence electrons. The molecular weight excluding hydrogens is 294 g/mol. The molecule has 0 bridgehead atoms. The van der Waals surface area contributed by atoms with Crippen LogP contribution in [0.2, 0.25) is 5.02 Å². The van der Waals surface area contributed by atoms with Gasteiger partial charge in [0, 0.05) is 10.7 Å². The summed E-state index contributed by atoms with van der Waals surface area (Å²) < 4.78 is 0. The lowest BCUT2D eigenvalue weighted by molar-refractivity contribution is -0.118. The van der Waals surface area contributed by atoms with E-state index in [1.165, 1.54) is 0 Å². The second-order valence-electron chi connectivity index (χ2n) is 5.77. The summed E-state index contributed by atoms with van der Waals surface area (Å²) >= 11 is 5.94. The number of hydrogen-bond donors (Lipinski definition) is 1. The zero-order valence-electron chi connectivity index (χ0n) is 13.3. The molecule has 2 nitrogen and oxygen atoms in total. The monoisotopic (exact) mass is 315 g/mol. The molecule has 2 aromatic rings. The van der Waals surface area contributed by atoms with Gasteiger partial charge in [0.15, 0.2) is 0 Å². The van der Waals surface area contributed by atoms with E-state index in [-0.39, 0.29) is 17.7 Å². The van der Waals surface area contributed by atoms with Crippen LogP contribution in [0, 0.1) is 5.92 Å². The highest BCUT2D eigenvalue weighted by atomic mass is 35.5. The minimum Gasteiger partial charge on any atom is -0.325 e. The molecule has 0 aliphatic rings. The normalized spacial score (nSPS) is 12.2. The van der Waals surface area contributed by atoms with E-state index in [2.05, 4.69) is 26.1 Å². The van der Waals surface area contributed by atoms with Crippen LogP contribution in [0.1, 0.15) is 37.8 Å². The number of hydrogen-bond acceptors (Lipinski definition) is 1. The number of anilines is 1. The summed E-state index contributed by atoms with van der Waals surface area (Å²) in [5.41, 5.74) is 3.04. The van der Waals surface area contributed by atoms with Crippen LogP contribution >= 0.6 is 11.6 Å². The number of carbonyl (C=O) groups excluding carboxylic acids is 1. The summed E-state index contributed by atoms with van der Waals surface area (Å²) in [6.07, 6.45) is 0.893. The molecule has 0 aliphatic carbocycles. The van der Waals surface area contributed by atoms with Crippen LogP contribution in [0.5, 0.6) is 0 Å². The van der Waals surface area contributed by atoms with Crippen LogP contribution in [-0.2, 0) is 11.2 Å². The second kappa shape index (κ2) is 7.46. The average molecular weight is 316 g/mol. The first-order valence-electron chi connectivity index (χ1n) is 7.67. The third kappa shape index (κ3) is 3.89. The molecule has 0 heterocycles. The quantitative estimate of drug-likeness (QED) is 0.799. The van der Waals surface area contributed by atoms with Crippen LogP contribution in [0.4, 0.5) is 5.69 Å². The standard InChI is InChI=1S/C19H22ClNO/c1-4-14-7-5-6-8-17(14)21-19(22)18(13(2)3)15-9-11-16(20)12-10-15/h5-13,18H,4H2,1-3H3,(H,21,22)/t18-/m1/s1. The van der Waals surface area contributed by atoms with Gasteiger partial charge in [-0.3, -0.25) is 4.79 Å². The van der Waals surface area contributed by atoms with Gasteiger partial charge in [0.05, 0.1) is 5.92 Å². The molecule has 3 heteroatoms. The lowest BCUT2D eigenvalue weighted by atomic mass is 9.87. The van der Waals surface area contributed by atoms with Crippen molar-refractivity contribution in [3.8, 4) is 0 Å². The van der Waals surface area contributed by atoms with Gasteiger partial charge in [-0.25, -0.2) is 0 Å². The minimum absolute atomic E-state index is 0.0261. The van der Waals surface area contributed by atoms with Crippen molar-refractivity contribution in [3.05, 3.63) is 64.7 Å². The van der Waals surface area contributed by atoms with Crippen LogP contribution in [0.25, 0.3) is 0 Å². The molecule has 0 saturated heterocycles. The largest absolute Gasteiger partial charge is 0.325 e. The maximum absolute atomic E-state index is 12.8. The highest BCUT2D eigenvalue weighted by Gasteiger charge is 2.24. The first-order valence-corrected chi connectivity index (χ1v) is 8.05. The highest BCUT2D eigenvalue weighted by Crippen LogP contribution is 2.28. The van der Waals surface area contributed by atoms with Gasteiger partial charge in [0.2, 0.25) is 5.91 Å². The summed E-state index contributed by atoms with van der Waals surface area (Å²) in [6.45, 7) is 6.21. The number of halogens is 1. The SMILES string of the molecule is CCc1ccccc1NC(=O)[C@@H](c1ccc(Cl)cc1)C(C)C. The number of aryl methyl sites for hydroxylation is 1. The zero-order valence-corrected chi connectivity index (χ0v) is 14.0. The molecule has 1 N–H and O–H groups in total. The summed E-state index contributed by atoms with van der Waals surface area (Å²) in [4.78, 5) is 12.8. The van der Waals surface area contributed by atoms with E-state index in [9.17, 15) is 4.79 Å². The molecule has 2 rings (SSSR count). The topological polar surface area (TPSA) is 29.1 Å². The van der Waals surface area contributed by atoms with Crippen molar-refractivity contribution >= 4 is 23.2 Å². The summed E-state index contributed by atoms with van der Waals surface area (Å²) in [7, 11) is 0. The van der Waals surface area contributed by atoms with Gasteiger partial charge in [0.25, 0.3) is 0 Å². The van der Waals surface area contributed by atoms with Gasteiger partial charge in [-0.1, -0.05) is 62.7 Å². The molecule has 0 fully saturated rings. The molecule has 0 spiro atoms. The Morgan fingerprint density at radius 2 is 1.73 bits per heavy atom. The Morgan fingerprint density at radius 3 is 2.32 bits per heavy atom. The molecule has 22 heavy (non-hydrogen) atoms. The lowest BCUT2D eigenvalue weighted by Crippen LogP contribution is -2.25. The van der Waals surface area contributed by atoms with Crippen molar-refractivity contribution in [2.75, 3.05) is 5.32 Å². The number of rotatable bonds is 5. The van der Waals surface area contributed by atoms with E-state index < -0.39 is 0 Å². The second-order valence-corrected chi connectivity index (χ2v) is 6.21. The van der Waals surface area contributed by atoms with E-state index >= 15 is 0 Å². The predicted molar refractivity (Wildman–Crippen MR) is 93.5 cm³/mol. The van der Waals surface area contributed by atoms with Crippen molar-refractivity contribution in [3.63, 3.8) is 0 Å². The molecule has 0 saturated carbocycles. The number of nitrogens with one attached hydrogen (secondary N) is 1. The summed E-state index contributed by atoms with van der Waals surface area (Å²) in [5, 5.41) is 3.77. The molecule has 2 aromatic carbocycles. The Labute approximate surface area is 137 Å². The lowest BCUT2D eigenvalue weighted by Gasteiger charge is -2.21. The number of para-hydroxylation sites is 1. The van der Waals surface area contributed by atoms with Crippen LogP contribution in [-0.4, -0.2) is 5.91 Å². The Kier molecular flexibility index (Phi) is 5.62. The third-order valence-corrected chi connectivity index (χ3v) is 4.09. The fourth-order valence-corrected chi connectivity index (χ4v) is 2.80. The molecular formula is C19H22ClNO. The van der Waals surface area contributed by atoms with E-state index in [0.29, 0.717) is 5.02 Å². The Morgan fingerprint density at radius 1 is 1.09 bits per heavy atom. The number of benzene rings is 2. The fraction of sp³-hybridized carbons (Fsp3) is 0.316. The van der Waals surface area contributed by atoms with Crippen LogP contribution in [0.3, 0.4) is 0 Å². The molecule has 1 atom stereocenters. The van der Waals surface area contributed by atoms with Gasteiger partial charge < -0.3 is 5.32 Å². The first-order chi connectivity index (χ1) is 10.5. The fourth-order valence-electron chi connectivity index (χ4n) is 2.67. The molecule has 0 aromatic heterocycles. The summed E-state index contributed by atoms with van der Waals surface area (Å²) in [6, 6.07) is 15.5. The minimum atomic E-state index is -0.192. The molecule has 0 unspecified atom stereocenters. The first kappa shape index (κ1) is 16.6. The molecule has 1 amide bonds. The van der Waals surface area contributed by atoms with Gasteiger partial charge in [-0.15, -0.1) is 0 Å². The zero-order chi connectivity index (χ0) is 16.1. The van der Waals surface area contributed by atoms with Crippen molar-refractivity contribution in [2.45, 2.75) is 33.1 Å². The van der Waals surface area contributed by atoms with Gasteiger partial charge in [-0.05, 0) is 41.7 Å². The van der Waals surface area contributed by atoms with Gasteiger partial charge in [0.1, 0.15) is 0 Å². The smallest absolute Gasteiger partial charge is 0.232 e. The van der Waals surface area contributed by atoms with Crippen molar-refractivity contribution in [1.82, 2.24) is 0 Å². The predicted octanol–water partition coefficient (Wildman–Crippen LogP) is 5.28. The number of carbonyl (C=O) groups is 1. The van der Waals surface area contributed by atoms with E-state index in [1.54, 1.807) is 0 Å². The third-order valence-electron chi connectivity index (χ3n) is 3.83. The maximum atomic E-state index is 12.8. The molecule has 0 aliphatic heterocycles. The maximum Gasteiger partial charge on any atom is 0.232 e. The molecule has 0 radical (unpaired) electrons.